The first-order valence-electron chi connectivity index (χ1n) is 4.18. The highest BCUT2D eigenvalue weighted by molar-refractivity contribution is 5.76. The topological polar surface area (TPSA) is 35.5 Å². The summed E-state index contributed by atoms with van der Waals surface area (Å²) in [7, 11) is 1.37. The summed E-state index contributed by atoms with van der Waals surface area (Å²) in [6, 6.07) is 0. The Balaban J connectivity index is 2.51. The van der Waals surface area contributed by atoms with Gasteiger partial charge in [0.15, 0.2) is 6.10 Å². The molecule has 12 heavy (non-hydrogen) atoms. The molecule has 68 valence electrons. The summed E-state index contributed by atoms with van der Waals surface area (Å²) in [5.41, 5.74) is 0. The predicted molar refractivity (Wildman–Crippen MR) is 44.7 cm³/mol. The second-order valence-corrected chi connectivity index (χ2v) is 2.77. The van der Waals surface area contributed by atoms with Crippen LogP contribution >= 0.6 is 0 Å². The monoisotopic (exact) mass is 170 g/mol. The zero-order chi connectivity index (χ0) is 8.97. The fraction of sp³-hybridized carbons (Fsp3) is 0.667. The van der Waals surface area contributed by atoms with Crippen LogP contribution in [0.2, 0.25) is 0 Å². The Labute approximate surface area is 72.4 Å². The highest BCUT2D eigenvalue weighted by atomic mass is 16.6. The Bertz CT molecular complexity index is 186. The fourth-order valence-corrected chi connectivity index (χ4v) is 1.18. The third-order valence-electron chi connectivity index (χ3n) is 1.94. The maximum Gasteiger partial charge on any atom is 0.339 e. The zero-order valence-electron chi connectivity index (χ0n) is 7.45. The zero-order valence-corrected chi connectivity index (χ0v) is 7.45. The maximum absolute atomic E-state index is 11.0. The smallest absolute Gasteiger partial charge is 0.339 e. The Hall–Kier alpha value is -0.830. The molecule has 3 nitrogen and oxygen atoms in total. The molecule has 1 rings (SSSR count). The van der Waals surface area contributed by atoms with E-state index in [0.29, 0.717) is 0 Å². The van der Waals surface area contributed by atoms with E-state index in [-0.39, 0.29) is 12.1 Å². The molecule has 0 fully saturated rings. The Morgan fingerprint density at radius 1 is 1.75 bits per heavy atom. The van der Waals surface area contributed by atoms with E-state index in [1.807, 2.05) is 13.0 Å². The summed E-state index contributed by atoms with van der Waals surface area (Å²) >= 11 is 0. The molecule has 0 aromatic heterocycles. The number of ether oxygens (including phenoxy) is 2. The van der Waals surface area contributed by atoms with Gasteiger partial charge in [-0.2, -0.15) is 0 Å². The molecule has 1 aliphatic heterocycles. The van der Waals surface area contributed by atoms with Gasteiger partial charge in [0.2, 0.25) is 0 Å². The maximum atomic E-state index is 11.0. The van der Waals surface area contributed by atoms with Gasteiger partial charge in [0.1, 0.15) is 0 Å². The van der Waals surface area contributed by atoms with Crippen molar-refractivity contribution in [1.29, 1.82) is 0 Å². The van der Waals surface area contributed by atoms with Crippen molar-refractivity contribution in [3.8, 4) is 0 Å². The number of esters is 1. The minimum absolute atomic E-state index is 0.166. The van der Waals surface area contributed by atoms with Crippen molar-refractivity contribution in [3.05, 3.63) is 12.2 Å². The van der Waals surface area contributed by atoms with E-state index < -0.39 is 6.10 Å². The first-order chi connectivity index (χ1) is 5.77. The van der Waals surface area contributed by atoms with Gasteiger partial charge in [-0.05, 0) is 18.9 Å². The van der Waals surface area contributed by atoms with E-state index in [1.165, 1.54) is 7.11 Å². The highest BCUT2D eigenvalue weighted by Gasteiger charge is 2.23. The molecule has 0 N–H and O–H groups in total. The summed E-state index contributed by atoms with van der Waals surface area (Å²) in [6.45, 7) is 2.04. The van der Waals surface area contributed by atoms with Crippen LogP contribution in [0.15, 0.2) is 12.2 Å². The lowest BCUT2D eigenvalue weighted by Crippen LogP contribution is -2.31. The Morgan fingerprint density at radius 2 is 2.50 bits per heavy atom. The van der Waals surface area contributed by atoms with E-state index >= 15 is 0 Å². The molecule has 0 saturated heterocycles. The largest absolute Gasteiger partial charge is 0.467 e. The van der Waals surface area contributed by atoms with Crippen LogP contribution in [0.4, 0.5) is 0 Å². The third kappa shape index (κ3) is 2.08. The van der Waals surface area contributed by atoms with Crippen LogP contribution in [0.3, 0.4) is 0 Å². The number of hydrogen-bond donors (Lipinski definition) is 0. The SMILES string of the molecule is CC[C@H]1CC=C[C@H](C(=O)OC)O1. The lowest BCUT2D eigenvalue weighted by atomic mass is 10.1. The molecule has 1 heterocycles. The van der Waals surface area contributed by atoms with Gasteiger partial charge in [-0.15, -0.1) is 0 Å². The summed E-state index contributed by atoms with van der Waals surface area (Å²) in [4.78, 5) is 11.0. The average Bonchev–Trinajstić information content (AvgIpc) is 2.17. The molecule has 0 spiro atoms. The quantitative estimate of drug-likeness (QED) is 0.462. The standard InChI is InChI=1S/C9H14O3/c1-3-7-5-4-6-8(12-7)9(10)11-2/h4,6-8H,3,5H2,1-2H3/t7-,8+/m0/s1. The van der Waals surface area contributed by atoms with Gasteiger partial charge in [0.05, 0.1) is 13.2 Å². The van der Waals surface area contributed by atoms with Crippen molar-refractivity contribution < 1.29 is 14.3 Å². The Kier molecular flexibility index (Phi) is 3.29. The minimum Gasteiger partial charge on any atom is -0.467 e. The Morgan fingerprint density at radius 3 is 3.08 bits per heavy atom. The lowest BCUT2D eigenvalue weighted by molar-refractivity contribution is -0.154. The second kappa shape index (κ2) is 4.26. The molecular weight excluding hydrogens is 156 g/mol. The van der Waals surface area contributed by atoms with E-state index in [4.69, 9.17) is 4.74 Å². The number of methoxy groups -OCH3 is 1. The molecule has 2 atom stereocenters. The van der Waals surface area contributed by atoms with Crippen LogP contribution in [0.5, 0.6) is 0 Å². The molecule has 0 aromatic carbocycles. The molecule has 0 unspecified atom stereocenters. The van der Waals surface area contributed by atoms with Crippen LogP contribution in [0, 0.1) is 0 Å². The van der Waals surface area contributed by atoms with Crippen LogP contribution in [0.25, 0.3) is 0 Å². The summed E-state index contributed by atoms with van der Waals surface area (Å²) < 4.78 is 9.99. The molecule has 0 saturated carbocycles. The van der Waals surface area contributed by atoms with Crippen LogP contribution in [-0.4, -0.2) is 25.3 Å². The van der Waals surface area contributed by atoms with Crippen molar-refractivity contribution in [2.45, 2.75) is 32.0 Å². The van der Waals surface area contributed by atoms with Crippen molar-refractivity contribution in [2.75, 3.05) is 7.11 Å². The summed E-state index contributed by atoms with van der Waals surface area (Å²) in [5, 5.41) is 0. The average molecular weight is 170 g/mol. The van der Waals surface area contributed by atoms with Gasteiger partial charge in [-0.25, -0.2) is 4.79 Å². The molecule has 3 heteroatoms. The van der Waals surface area contributed by atoms with Gasteiger partial charge in [0.25, 0.3) is 0 Å². The normalized spacial score (nSPS) is 28.5. The fourth-order valence-electron chi connectivity index (χ4n) is 1.18. The molecule has 0 bridgehead atoms. The van der Waals surface area contributed by atoms with Crippen molar-refractivity contribution in [2.24, 2.45) is 0 Å². The van der Waals surface area contributed by atoms with Crippen molar-refractivity contribution in [3.63, 3.8) is 0 Å². The van der Waals surface area contributed by atoms with Gasteiger partial charge in [-0.1, -0.05) is 13.0 Å². The summed E-state index contributed by atoms with van der Waals surface area (Å²) in [6.07, 6.45) is 5.21. The van der Waals surface area contributed by atoms with Crippen LogP contribution in [-0.2, 0) is 14.3 Å². The van der Waals surface area contributed by atoms with Crippen LogP contribution in [0.1, 0.15) is 19.8 Å². The second-order valence-electron chi connectivity index (χ2n) is 2.77. The van der Waals surface area contributed by atoms with Crippen molar-refractivity contribution in [1.82, 2.24) is 0 Å². The minimum atomic E-state index is -0.492. The molecule has 0 amide bonds. The number of rotatable bonds is 2. The van der Waals surface area contributed by atoms with Gasteiger partial charge in [0, 0.05) is 0 Å². The van der Waals surface area contributed by atoms with Crippen LogP contribution < -0.4 is 0 Å². The molecule has 0 aliphatic carbocycles. The third-order valence-corrected chi connectivity index (χ3v) is 1.94. The lowest BCUT2D eigenvalue weighted by Gasteiger charge is -2.22. The van der Waals surface area contributed by atoms with Crippen molar-refractivity contribution >= 4 is 5.97 Å². The highest BCUT2D eigenvalue weighted by Crippen LogP contribution is 2.15. The predicted octanol–water partition coefficient (Wildman–Crippen LogP) is 1.28. The molecule has 0 aromatic rings. The van der Waals surface area contributed by atoms with Gasteiger partial charge in [-0.3, -0.25) is 0 Å². The number of carbonyl (C=O) groups excluding carboxylic acids is 1. The first kappa shape index (κ1) is 9.26. The molecule has 1 aliphatic rings. The van der Waals surface area contributed by atoms with E-state index in [9.17, 15) is 4.79 Å². The van der Waals surface area contributed by atoms with Gasteiger partial charge < -0.3 is 9.47 Å². The van der Waals surface area contributed by atoms with Gasteiger partial charge >= 0.3 is 5.97 Å². The summed E-state index contributed by atoms with van der Waals surface area (Å²) in [5.74, 6) is -0.315. The van der Waals surface area contributed by atoms with E-state index in [1.54, 1.807) is 6.08 Å². The first-order valence-corrected chi connectivity index (χ1v) is 4.18. The van der Waals surface area contributed by atoms with E-state index in [2.05, 4.69) is 4.74 Å². The molecular formula is C9H14O3. The number of carbonyl (C=O) groups is 1. The number of hydrogen-bond acceptors (Lipinski definition) is 3. The molecule has 0 radical (unpaired) electrons. The van der Waals surface area contributed by atoms with E-state index in [0.717, 1.165) is 12.8 Å².